The van der Waals surface area contributed by atoms with Gasteiger partial charge in [-0.3, -0.25) is 4.79 Å². The summed E-state index contributed by atoms with van der Waals surface area (Å²) < 4.78 is 7.02. The molecule has 0 fully saturated rings. The number of rotatable bonds is 5. The highest BCUT2D eigenvalue weighted by Crippen LogP contribution is 2.26. The lowest BCUT2D eigenvalue weighted by Crippen LogP contribution is -2.10. The van der Waals surface area contributed by atoms with Crippen molar-refractivity contribution in [3.05, 3.63) is 92.7 Å². The maximum absolute atomic E-state index is 12.6. The van der Waals surface area contributed by atoms with Crippen LogP contribution in [0.5, 0.6) is 0 Å². The molecule has 0 saturated heterocycles. The second kappa shape index (κ2) is 7.88. The molecule has 154 valence electrons. The van der Waals surface area contributed by atoms with Crippen LogP contribution in [0, 0.1) is 0 Å². The van der Waals surface area contributed by atoms with Crippen molar-refractivity contribution in [1.82, 2.24) is 19.7 Å². The van der Waals surface area contributed by atoms with E-state index in [9.17, 15) is 9.59 Å². The van der Waals surface area contributed by atoms with Gasteiger partial charge in [-0.2, -0.15) is 5.10 Å². The summed E-state index contributed by atoms with van der Waals surface area (Å²) in [6.45, 7) is 2.05. The Morgan fingerprint density at radius 3 is 2.71 bits per heavy atom. The van der Waals surface area contributed by atoms with Crippen molar-refractivity contribution in [3.8, 4) is 5.69 Å². The number of fused-ring (bicyclic) bond motifs is 2. The van der Waals surface area contributed by atoms with Crippen LogP contribution >= 0.6 is 11.8 Å². The Labute approximate surface area is 180 Å². The summed E-state index contributed by atoms with van der Waals surface area (Å²) in [7, 11) is 0. The van der Waals surface area contributed by atoms with Crippen molar-refractivity contribution in [2.75, 3.05) is 0 Å². The molecular formula is C23H18N4O3S. The smallest absolute Gasteiger partial charge is 0.336 e. The Balaban J connectivity index is 1.52. The van der Waals surface area contributed by atoms with Gasteiger partial charge in [0.2, 0.25) is 0 Å². The van der Waals surface area contributed by atoms with Gasteiger partial charge < -0.3 is 9.40 Å². The molecule has 0 saturated carbocycles. The van der Waals surface area contributed by atoms with Crippen molar-refractivity contribution in [2.24, 2.45) is 0 Å². The van der Waals surface area contributed by atoms with Gasteiger partial charge in [0.15, 0.2) is 10.8 Å². The fourth-order valence-electron chi connectivity index (χ4n) is 3.48. The number of aromatic nitrogens is 4. The molecule has 3 aromatic heterocycles. The monoisotopic (exact) mass is 430 g/mol. The summed E-state index contributed by atoms with van der Waals surface area (Å²) in [6, 6.07) is 16.9. The number of H-pyrrole nitrogens is 1. The molecule has 31 heavy (non-hydrogen) atoms. The van der Waals surface area contributed by atoms with Gasteiger partial charge >= 0.3 is 5.63 Å². The summed E-state index contributed by atoms with van der Waals surface area (Å²) in [5, 5.41) is 6.08. The van der Waals surface area contributed by atoms with E-state index in [1.807, 2.05) is 48.5 Å². The molecule has 2 aromatic carbocycles. The fraction of sp³-hybridized carbons (Fsp3) is 0.130. The highest BCUT2D eigenvalue weighted by molar-refractivity contribution is 7.98. The Bertz CT molecular complexity index is 1520. The van der Waals surface area contributed by atoms with E-state index in [1.54, 1.807) is 4.68 Å². The van der Waals surface area contributed by atoms with E-state index in [-0.39, 0.29) is 5.56 Å². The van der Waals surface area contributed by atoms with Gasteiger partial charge in [0.25, 0.3) is 5.56 Å². The quantitative estimate of drug-likeness (QED) is 0.257. The number of aromatic amines is 1. The van der Waals surface area contributed by atoms with Crippen LogP contribution in [0.1, 0.15) is 18.1 Å². The van der Waals surface area contributed by atoms with Gasteiger partial charge in [0.05, 0.1) is 11.9 Å². The molecule has 1 N–H and O–H groups in total. The van der Waals surface area contributed by atoms with Gasteiger partial charge in [0.1, 0.15) is 11.0 Å². The molecule has 0 unspecified atom stereocenters. The van der Waals surface area contributed by atoms with Gasteiger partial charge in [-0.1, -0.05) is 49.0 Å². The van der Waals surface area contributed by atoms with Crippen LogP contribution in [-0.4, -0.2) is 19.7 Å². The molecule has 0 aliphatic rings. The maximum Gasteiger partial charge on any atom is 0.336 e. The number of aryl methyl sites for hydroxylation is 1. The van der Waals surface area contributed by atoms with E-state index in [0.717, 1.165) is 28.6 Å². The highest BCUT2D eigenvalue weighted by atomic mass is 32.2. The largest absolute Gasteiger partial charge is 0.423 e. The average molecular weight is 430 g/mol. The van der Waals surface area contributed by atoms with Crippen LogP contribution in [0.25, 0.3) is 27.7 Å². The number of nitrogens with one attached hydrogen (secondary N) is 1. The molecule has 5 rings (SSSR count). The standard InChI is InChI=1S/C23H18N4O3S/c1-2-14-8-9-17-15(11-20(28)30-19(17)10-14)13-31-23-25-21-18(22(29)26-23)12-24-27(21)16-6-4-3-5-7-16/h3-12H,2,13H2,1H3,(H,25,26,29). The van der Waals surface area contributed by atoms with Crippen molar-refractivity contribution < 1.29 is 4.42 Å². The van der Waals surface area contributed by atoms with Crippen molar-refractivity contribution in [1.29, 1.82) is 0 Å². The number of hydrogen-bond acceptors (Lipinski definition) is 6. The lowest BCUT2D eigenvalue weighted by Gasteiger charge is -2.07. The molecule has 7 nitrogen and oxygen atoms in total. The van der Waals surface area contributed by atoms with Crippen molar-refractivity contribution >= 4 is 33.8 Å². The van der Waals surface area contributed by atoms with Crippen molar-refractivity contribution in [3.63, 3.8) is 0 Å². The maximum atomic E-state index is 12.6. The first-order chi connectivity index (χ1) is 15.1. The van der Waals surface area contributed by atoms with Crippen molar-refractivity contribution in [2.45, 2.75) is 24.3 Å². The molecule has 3 heterocycles. The van der Waals surface area contributed by atoms with Crippen LogP contribution < -0.4 is 11.2 Å². The summed E-state index contributed by atoms with van der Waals surface area (Å²) >= 11 is 1.35. The van der Waals surface area contributed by atoms with E-state index in [1.165, 1.54) is 24.0 Å². The molecule has 0 radical (unpaired) electrons. The topological polar surface area (TPSA) is 93.8 Å². The first-order valence-electron chi connectivity index (χ1n) is 9.84. The third-order valence-corrected chi connectivity index (χ3v) is 6.01. The highest BCUT2D eigenvalue weighted by Gasteiger charge is 2.13. The van der Waals surface area contributed by atoms with Crippen LogP contribution in [-0.2, 0) is 12.2 Å². The van der Waals surface area contributed by atoms with Crippen LogP contribution in [0.15, 0.2) is 80.0 Å². The number of para-hydroxylation sites is 1. The average Bonchev–Trinajstić information content (AvgIpc) is 3.22. The second-order valence-corrected chi connectivity index (χ2v) is 8.03. The molecule has 0 aliphatic carbocycles. The Morgan fingerprint density at radius 2 is 1.90 bits per heavy atom. The number of hydrogen-bond donors (Lipinski definition) is 1. The predicted molar refractivity (Wildman–Crippen MR) is 121 cm³/mol. The third kappa shape index (κ3) is 3.66. The van der Waals surface area contributed by atoms with Crippen LogP contribution in [0.3, 0.4) is 0 Å². The van der Waals surface area contributed by atoms with E-state index in [2.05, 4.69) is 22.0 Å². The van der Waals surface area contributed by atoms with E-state index < -0.39 is 5.63 Å². The first-order valence-corrected chi connectivity index (χ1v) is 10.8. The Kier molecular flexibility index (Phi) is 4.91. The minimum atomic E-state index is -0.393. The predicted octanol–water partition coefficient (Wildman–Crippen LogP) is 4.07. The summed E-state index contributed by atoms with van der Waals surface area (Å²) in [5.41, 5.74) is 3.17. The van der Waals surface area contributed by atoms with E-state index in [0.29, 0.717) is 27.5 Å². The second-order valence-electron chi connectivity index (χ2n) is 7.06. The van der Waals surface area contributed by atoms with E-state index in [4.69, 9.17) is 4.42 Å². The minimum absolute atomic E-state index is 0.250. The van der Waals surface area contributed by atoms with Crippen LogP contribution in [0.2, 0.25) is 0 Å². The third-order valence-electron chi connectivity index (χ3n) is 5.08. The summed E-state index contributed by atoms with van der Waals surface area (Å²) in [4.78, 5) is 32.0. The zero-order valence-electron chi connectivity index (χ0n) is 16.7. The Morgan fingerprint density at radius 1 is 1.06 bits per heavy atom. The zero-order valence-corrected chi connectivity index (χ0v) is 17.5. The zero-order chi connectivity index (χ0) is 21.4. The first kappa shape index (κ1) is 19.3. The SMILES string of the molecule is CCc1ccc2c(CSc3nc4c(cnn4-c4ccccc4)c(=O)[nH]3)cc(=O)oc2c1. The van der Waals surface area contributed by atoms with Gasteiger partial charge in [-0.25, -0.2) is 14.5 Å². The molecule has 5 aromatic rings. The molecule has 8 heteroatoms. The number of nitrogens with zero attached hydrogens (tertiary/aromatic N) is 3. The lowest BCUT2D eigenvalue weighted by molar-refractivity contribution is 0.559. The van der Waals surface area contributed by atoms with Gasteiger partial charge in [-0.05, 0) is 35.7 Å². The number of benzene rings is 2. The molecule has 0 atom stereocenters. The van der Waals surface area contributed by atoms with Crippen LogP contribution in [0.4, 0.5) is 0 Å². The van der Waals surface area contributed by atoms with Gasteiger partial charge in [-0.15, -0.1) is 0 Å². The Hall–Kier alpha value is -3.65. The summed E-state index contributed by atoms with van der Waals surface area (Å²) in [5.74, 6) is 0.460. The van der Waals surface area contributed by atoms with Gasteiger partial charge in [0, 0.05) is 17.2 Å². The lowest BCUT2D eigenvalue weighted by atomic mass is 10.1. The van der Waals surface area contributed by atoms with E-state index >= 15 is 0 Å². The molecular weight excluding hydrogens is 412 g/mol. The summed E-state index contributed by atoms with van der Waals surface area (Å²) in [6.07, 6.45) is 2.38. The molecule has 0 aliphatic heterocycles. The number of thioether (sulfide) groups is 1. The molecule has 0 spiro atoms. The minimum Gasteiger partial charge on any atom is -0.423 e. The normalized spacial score (nSPS) is 11.4. The molecule has 0 amide bonds. The fourth-order valence-corrected chi connectivity index (χ4v) is 4.33. The molecule has 0 bridgehead atoms.